The smallest absolute Gasteiger partial charge is 0.321 e. The number of nitrogens with two attached hydrogens (primary N) is 1. The van der Waals surface area contributed by atoms with Gasteiger partial charge >= 0.3 is 5.97 Å². The third-order valence-electron chi connectivity index (χ3n) is 1.98. The van der Waals surface area contributed by atoms with E-state index in [1.807, 2.05) is 0 Å². The van der Waals surface area contributed by atoms with Gasteiger partial charge in [0.25, 0.3) is 0 Å². The molecule has 0 spiro atoms. The summed E-state index contributed by atoms with van der Waals surface area (Å²) in [6, 6.07) is -0.964. The lowest BCUT2D eigenvalue weighted by molar-refractivity contribution is -0.137. The fraction of sp³-hybridized carbons (Fsp3) is 0.444. The summed E-state index contributed by atoms with van der Waals surface area (Å²) in [4.78, 5) is 10.5. The molecular weight excluding hydrogens is 273 g/mol. The number of rotatable bonds is 4. The zero-order valence-electron chi connectivity index (χ0n) is 8.14. The second-order valence-corrected chi connectivity index (χ2v) is 5.35. The van der Waals surface area contributed by atoms with Crippen LogP contribution in [0, 0.1) is 0 Å². The van der Waals surface area contributed by atoms with E-state index in [2.05, 4.69) is 0 Å². The van der Waals surface area contributed by atoms with Crippen LogP contribution in [-0.2, 0) is 4.79 Å². The minimum atomic E-state index is -1.07. The van der Waals surface area contributed by atoms with Crippen molar-refractivity contribution < 1.29 is 15.0 Å². The molecular formula is C9H11Cl2NO3S. The Morgan fingerprint density at radius 2 is 2.25 bits per heavy atom. The Morgan fingerprint density at radius 1 is 1.62 bits per heavy atom. The number of halogens is 2. The second kappa shape index (κ2) is 5.93. The molecule has 0 radical (unpaired) electrons. The molecule has 4 nitrogen and oxygen atoms in total. The van der Waals surface area contributed by atoms with Gasteiger partial charge in [0.2, 0.25) is 0 Å². The van der Waals surface area contributed by atoms with E-state index in [1.165, 1.54) is 17.8 Å². The topological polar surface area (TPSA) is 83.5 Å². The summed E-state index contributed by atoms with van der Waals surface area (Å²) >= 11 is 12.7. The molecule has 1 aliphatic carbocycles. The van der Waals surface area contributed by atoms with Crippen molar-refractivity contribution in [3.05, 3.63) is 22.2 Å². The zero-order valence-corrected chi connectivity index (χ0v) is 10.5. The van der Waals surface area contributed by atoms with Crippen LogP contribution in [0.15, 0.2) is 22.2 Å². The van der Waals surface area contributed by atoms with Crippen LogP contribution < -0.4 is 5.73 Å². The maximum atomic E-state index is 10.5. The molecule has 0 aromatic rings. The highest BCUT2D eigenvalue weighted by Gasteiger charge is 2.26. The number of aliphatic carboxylic acids is 1. The number of carboxylic acid groups (broad SMARTS) is 1. The monoisotopic (exact) mass is 283 g/mol. The number of aliphatic hydroxyl groups is 1. The predicted molar refractivity (Wildman–Crippen MR) is 65.7 cm³/mol. The Hall–Kier alpha value is -0.200. The van der Waals surface area contributed by atoms with Crippen LogP contribution in [0.2, 0.25) is 0 Å². The molecule has 0 amide bonds. The van der Waals surface area contributed by atoms with E-state index >= 15 is 0 Å². The number of carbonyl (C=O) groups is 1. The number of allylic oxidation sites excluding steroid dienone is 2. The fourth-order valence-electron chi connectivity index (χ4n) is 1.10. The number of hydrogen-bond donors (Lipinski definition) is 3. The molecule has 1 rings (SSSR count). The Bertz CT molecular complexity index is 346. The first-order chi connectivity index (χ1) is 7.41. The average molecular weight is 284 g/mol. The number of hydrogen-bond acceptors (Lipinski definition) is 4. The minimum absolute atomic E-state index is 0.182. The molecule has 0 aromatic heterocycles. The highest BCUT2D eigenvalue weighted by atomic mass is 35.5. The lowest BCUT2D eigenvalue weighted by atomic mass is 10.1. The molecule has 7 heteroatoms. The summed E-state index contributed by atoms with van der Waals surface area (Å²) in [5, 5.41) is 18.6. The van der Waals surface area contributed by atoms with Gasteiger partial charge in [0.1, 0.15) is 12.1 Å². The Labute approximate surface area is 107 Å². The molecule has 0 saturated heterocycles. The standard InChI is InChI=1S/C9H11Cl2NO3S/c10-4-1-5(11)8(13)7(2-4)16-3-6(12)9(14)15/h1-2,6-8,13H,3,12H2,(H,14,15). The lowest BCUT2D eigenvalue weighted by Crippen LogP contribution is -2.34. The van der Waals surface area contributed by atoms with Crippen molar-refractivity contribution in [3.8, 4) is 0 Å². The molecule has 0 saturated carbocycles. The van der Waals surface area contributed by atoms with Crippen molar-refractivity contribution >= 4 is 40.9 Å². The normalized spacial score (nSPS) is 27.0. The SMILES string of the molecule is NC(CSC1C=C(Cl)C=C(Cl)C1O)C(=O)O. The van der Waals surface area contributed by atoms with Crippen LogP contribution in [0.5, 0.6) is 0 Å². The third kappa shape index (κ3) is 3.68. The minimum Gasteiger partial charge on any atom is -0.480 e. The van der Waals surface area contributed by atoms with Crippen molar-refractivity contribution in [2.45, 2.75) is 17.4 Å². The molecule has 4 N–H and O–H groups in total. The summed E-state index contributed by atoms with van der Waals surface area (Å²) in [6.45, 7) is 0. The van der Waals surface area contributed by atoms with E-state index in [0.717, 1.165) is 0 Å². The molecule has 3 unspecified atom stereocenters. The van der Waals surface area contributed by atoms with Crippen LogP contribution in [0.25, 0.3) is 0 Å². The summed E-state index contributed by atoms with van der Waals surface area (Å²) < 4.78 is 0. The summed E-state index contributed by atoms with van der Waals surface area (Å²) in [6.07, 6.45) is 2.22. The summed E-state index contributed by atoms with van der Waals surface area (Å²) in [5.74, 6) is -0.892. The highest BCUT2D eigenvalue weighted by molar-refractivity contribution is 8.00. The Kier molecular flexibility index (Phi) is 5.14. The molecule has 0 aromatic carbocycles. The quantitative estimate of drug-likeness (QED) is 0.720. The largest absolute Gasteiger partial charge is 0.480 e. The molecule has 0 heterocycles. The molecule has 0 aliphatic heterocycles. The van der Waals surface area contributed by atoms with Crippen molar-refractivity contribution in [1.29, 1.82) is 0 Å². The van der Waals surface area contributed by atoms with Crippen LogP contribution in [0.4, 0.5) is 0 Å². The molecule has 16 heavy (non-hydrogen) atoms. The van der Waals surface area contributed by atoms with Crippen molar-refractivity contribution in [3.63, 3.8) is 0 Å². The second-order valence-electron chi connectivity index (χ2n) is 3.27. The maximum absolute atomic E-state index is 10.5. The van der Waals surface area contributed by atoms with E-state index in [1.54, 1.807) is 6.08 Å². The lowest BCUT2D eigenvalue weighted by Gasteiger charge is -2.23. The third-order valence-corrected chi connectivity index (χ3v) is 3.88. The van der Waals surface area contributed by atoms with Crippen molar-refractivity contribution in [2.24, 2.45) is 5.73 Å². The first-order valence-corrected chi connectivity index (χ1v) is 6.24. The van der Waals surface area contributed by atoms with E-state index in [0.29, 0.717) is 5.03 Å². The first-order valence-electron chi connectivity index (χ1n) is 4.44. The van der Waals surface area contributed by atoms with E-state index in [9.17, 15) is 9.90 Å². The number of thioether (sulfide) groups is 1. The molecule has 3 atom stereocenters. The molecule has 0 bridgehead atoms. The maximum Gasteiger partial charge on any atom is 0.321 e. The van der Waals surface area contributed by atoms with Crippen molar-refractivity contribution in [1.82, 2.24) is 0 Å². The first kappa shape index (κ1) is 13.9. The average Bonchev–Trinajstić information content (AvgIpc) is 2.20. The molecule has 90 valence electrons. The van der Waals surface area contributed by atoms with Gasteiger partial charge in [0.05, 0.1) is 5.25 Å². The summed E-state index contributed by atoms with van der Waals surface area (Å²) in [5.41, 5.74) is 5.35. The van der Waals surface area contributed by atoms with Gasteiger partial charge in [-0.05, 0) is 12.2 Å². The van der Waals surface area contributed by atoms with E-state index in [4.69, 9.17) is 34.0 Å². The molecule has 0 fully saturated rings. The highest BCUT2D eigenvalue weighted by Crippen LogP contribution is 2.30. The zero-order chi connectivity index (χ0) is 12.3. The van der Waals surface area contributed by atoms with Gasteiger partial charge in [-0.3, -0.25) is 4.79 Å². The van der Waals surface area contributed by atoms with Crippen LogP contribution in [0.1, 0.15) is 0 Å². The van der Waals surface area contributed by atoms with Gasteiger partial charge in [-0.1, -0.05) is 23.2 Å². The predicted octanol–water partition coefficient (Wildman–Crippen LogP) is 1.12. The van der Waals surface area contributed by atoms with Gasteiger partial charge in [0, 0.05) is 15.8 Å². The number of aliphatic hydroxyl groups excluding tert-OH is 1. The van der Waals surface area contributed by atoms with Gasteiger partial charge in [-0.2, -0.15) is 0 Å². The fourth-order valence-corrected chi connectivity index (χ4v) is 2.95. The van der Waals surface area contributed by atoms with Gasteiger partial charge in [0.15, 0.2) is 0 Å². The Balaban J connectivity index is 2.56. The number of carboxylic acids is 1. The van der Waals surface area contributed by atoms with Crippen LogP contribution >= 0.6 is 35.0 Å². The van der Waals surface area contributed by atoms with Gasteiger partial charge in [-0.15, -0.1) is 11.8 Å². The summed E-state index contributed by atoms with van der Waals surface area (Å²) in [7, 11) is 0. The van der Waals surface area contributed by atoms with Crippen molar-refractivity contribution in [2.75, 3.05) is 5.75 Å². The van der Waals surface area contributed by atoms with E-state index < -0.39 is 18.1 Å². The molecule has 1 aliphatic rings. The van der Waals surface area contributed by atoms with E-state index in [-0.39, 0.29) is 16.0 Å². The van der Waals surface area contributed by atoms with Gasteiger partial charge in [-0.25, -0.2) is 0 Å². The van der Waals surface area contributed by atoms with Crippen LogP contribution in [-0.4, -0.2) is 39.3 Å². The van der Waals surface area contributed by atoms with Crippen LogP contribution in [0.3, 0.4) is 0 Å². The Morgan fingerprint density at radius 3 is 2.81 bits per heavy atom. The van der Waals surface area contributed by atoms with Gasteiger partial charge < -0.3 is 15.9 Å².